The Bertz CT molecular complexity index is 825. The molecule has 0 radical (unpaired) electrons. The van der Waals surface area contributed by atoms with Crippen molar-refractivity contribution in [2.45, 2.75) is 39.3 Å². The Morgan fingerprint density at radius 1 is 1.14 bits per heavy atom. The molecule has 0 bridgehead atoms. The smallest absolute Gasteiger partial charge is 0.257 e. The third kappa shape index (κ3) is 7.54. The molecule has 29 heavy (non-hydrogen) atoms. The average molecular weight is 414 g/mol. The fraction of sp³-hybridized carbons (Fsp3) is 0.318. The van der Waals surface area contributed by atoms with Gasteiger partial charge in [-0.25, -0.2) is 0 Å². The molecule has 0 aliphatic carbocycles. The topological polar surface area (TPSA) is 84.7 Å². The molecule has 0 heterocycles. The Balaban J connectivity index is 2.02. The third-order valence-corrected chi connectivity index (χ3v) is 4.74. The SMILES string of the molecule is CCC(C)Oc1ccc(C(=O)NC(=S)N(CCC(N)=O)Cc2ccccc2)cc1. The van der Waals surface area contributed by atoms with Crippen LogP contribution < -0.4 is 15.8 Å². The molecule has 0 aromatic heterocycles. The van der Waals surface area contributed by atoms with Crippen LogP contribution in [0.1, 0.15) is 42.6 Å². The van der Waals surface area contributed by atoms with Gasteiger partial charge in [-0.15, -0.1) is 0 Å². The zero-order chi connectivity index (χ0) is 21.2. The molecule has 0 saturated heterocycles. The summed E-state index contributed by atoms with van der Waals surface area (Å²) in [5, 5.41) is 2.99. The highest BCUT2D eigenvalue weighted by Crippen LogP contribution is 2.15. The van der Waals surface area contributed by atoms with Crippen molar-refractivity contribution in [1.82, 2.24) is 10.2 Å². The Hall–Kier alpha value is -2.93. The van der Waals surface area contributed by atoms with E-state index in [9.17, 15) is 9.59 Å². The number of carbonyl (C=O) groups excluding carboxylic acids is 2. The van der Waals surface area contributed by atoms with Crippen LogP contribution in [0.15, 0.2) is 54.6 Å². The van der Waals surface area contributed by atoms with Crippen LogP contribution in [-0.4, -0.2) is 34.5 Å². The van der Waals surface area contributed by atoms with Crippen molar-refractivity contribution in [3.05, 3.63) is 65.7 Å². The predicted molar refractivity (Wildman–Crippen MR) is 118 cm³/mol. The molecular weight excluding hydrogens is 386 g/mol. The van der Waals surface area contributed by atoms with Crippen LogP contribution in [0.5, 0.6) is 5.75 Å². The quantitative estimate of drug-likeness (QED) is 0.617. The van der Waals surface area contributed by atoms with Crippen LogP contribution in [0.2, 0.25) is 0 Å². The van der Waals surface area contributed by atoms with Crippen molar-refractivity contribution >= 4 is 29.1 Å². The van der Waals surface area contributed by atoms with Gasteiger partial charge in [0.05, 0.1) is 6.10 Å². The molecule has 2 amide bonds. The Morgan fingerprint density at radius 2 is 1.79 bits per heavy atom. The van der Waals surface area contributed by atoms with Crippen molar-refractivity contribution in [2.75, 3.05) is 6.54 Å². The van der Waals surface area contributed by atoms with E-state index in [-0.39, 0.29) is 23.5 Å². The second-order valence-corrected chi connectivity index (χ2v) is 7.13. The lowest BCUT2D eigenvalue weighted by Gasteiger charge is -2.25. The van der Waals surface area contributed by atoms with E-state index in [1.54, 1.807) is 29.2 Å². The summed E-state index contributed by atoms with van der Waals surface area (Å²) in [6.07, 6.45) is 1.16. The normalized spacial score (nSPS) is 11.4. The van der Waals surface area contributed by atoms with Gasteiger partial charge < -0.3 is 15.4 Å². The fourth-order valence-electron chi connectivity index (χ4n) is 2.55. The van der Waals surface area contributed by atoms with Crippen LogP contribution in [0.3, 0.4) is 0 Å². The molecular formula is C22H27N3O3S. The van der Waals surface area contributed by atoms with E-state index in [1.807, 2.05) is 44.2 Å². The van der Waals surface area contributed by atoms with Gasteiger partial charge in [-0.3, -0.25) is 14.9 Å². The monoisotopic (exact) mass is 413 g/mol. The van der Waals surface area contributed by atoms with Crippen molar-refractivity contribution in [3.8, 4) is 5.75 Å². The lowest BCUT2D eigenvalue weighted by molar-refractivity contribution is -0.118. The largest absolute Gasteiger partial charge is 0.491 e. The molecule has 154 valence electrons. The highest BCUT2D eigenvalue weighted by atomic mass is 32.1. The number of benzene rings is 2. The van der Waals surface area contributed by atoms with Crippen LogP contribution in [0.4, 0.5) is 0 Å². The summed E-state index contributed by atoms with van der Waals surface area (Å²) < 4.78 is 5.73. The molecule has 2 aromatic rings. The molecule has 0 aliphatic rings. The first-order chi connectivity index (χ1) is 13.9. The van der Waals surface area contributed by atoms with Crippen molar-refractivity contribution in [1.29, 1.82) is 0 Å². The van der Waals surface area contributed by atoms with Gasteiger partial charge in [0, 0.05) is 25.1 Å². The van der Waals surface area contributed by atoms with Gasteiger partial charge in [-0.2, -0.15) is 0 Å². The first-order valence-corrected chi connectivity index (χ1v) is 9.99. The zero-order valence-electron chi connectivity index (χ0n) is 16.8. The van der Waals surface area contributed by atoms with Crippen molar-refractivity contribution in [2.24, 2.45) is 5.73 Å². The summed E-state index contributed by atoms with van der Waals surface area (Å²) in [5.74, 6) is -0.0260. The minimum atomic E-state index is -0.422. The number of hydrogen-bond donors (Lipinski definition) is 2. The minimum absolute atomic E-state index is 0.110. The first kappa shape index (κ1) is 22.4. The van der Waals surface area contributed by atoms with Crippen molar-refractivity contribution in [3.63, 3.8) is 0 Å². The number of amides is 2. The number of nitrogens with one attached hydrogen (secondary N) is 1. The van der Waals surface area contributed by atoms with E-state index in [0.29, 0.717) is 24.4 Å². The average Bonchev–Trinajstić information content (AvgIpc) is 2.72. The summed E-state index contributed by atoms with van der Waals surface area (Å²) in [4.78, 5) is 25.5. The van der Waals surface area contributed by atoms with E-state index in [4.69, 9.17) is 22.7 Å². The van der Waals surface area contributed by atoms with Gasteiger partial charge in [0.2, 0.25) is 5.91 Å². The van der Waals surface area contributed by atoms with E-state index in [1.165, 1.54) is 0 Å². The van der Waals surface area contributed by atoms with E-state index in [0.717, 1.165) is 12.0 Å². The number of hydrogen-bond acceptors (Lipinski definition) is 4. The maximum absolute atomic E-state index is 12.6. The van der Waals surface area contributed by atoms with Crippen LogP contribution >= 0.6 is 12.2 Å². The van der Waals surface area contributed by atoms with Crippen LogP contribution in [0.25, 0.3) is 0 Å². The number of nitrogens with zero attached hydrogens (tertiary/aromatic N) is 1. The molecule has 2 aromatic carbocycles. The molecule has 0 fully saturated rings. The molecule has 3 N–H and O–H groups in total. The third-order valence-electron chi connectivity index (χ3n) is 4.38. The van der Waals surface area contributed by atoms with Gasteiger partial charge in [0.1, 0.15) is 5.75 Å². The first-order valence-electron chi connectivity index (χ1n) is 9.58. The number of ether oxygens (including phenoxy) is 1. The van der Waals surface area contributed by atoms with Crippen LogP contribution in [-0.2, 0) is 11.3 Å². The van der Waals surface area contributed by atoms with E-state index >= 15 is 0 Å². The molecule has 7 heteroatoms. The maximum atomic E-state index is 12.6. The number of primary amides is 1. The van der Waals surface area contributed by atoms with E-state index < -0.39 is 5.91 Å². The molecule has 2 rings (SSSR count). The highest BCUT2D eigenvalue weighted by Gasteiger charge is 2.15. The van der Waals surface area contributed by atoms with Gasteiger partial charge in [-0.1, -0.05) is 37.3 Å². The zero-order valence-corrected chi connectivity index (χ0v) is 17.6. The number of carbonyl (C=O) groups is 2. The van der Waals surface area contributed by atoms with Crippen LogP contribution in [0, 0.1) is 0 Å². The lowest BCUT2D eigenvalue weighted by atomic mass is 10.2. The fourth-order valence-corrected chi connectivity index (χ4v) is 2.80. The van der Waals surface area contributed by atoms with Gasteiger partial charge >= 0.3 is 0 Å². The number of nitrogens with two attached hydrogens (primary N) is 1. The molecule has 1 atom stereocenters. The Labute approximate surface area is 177 Å². The van der Waals surface area contributed by atoms with Gasteiger partial charge in [0.25, 0.3) is 5.91 Å². The standard InChI is InChI=1S/C22H27N3O3S/c1-3-16(2)28-19-11-9-18(10-12-19)21(27)24-22(29)25(14-13-20(23)26)15-17-7-5-4-6-8-17/h4-12,16H,3,13-15H2,1-2H3,(H2,23,26)(H,24,27,29). The summed E-state index contributed by atoms with van der Waals surface area (Å²) >= 11 is 5.42. The maximum Gasteiger partial charge on any atom is 0.257 e. The second kappa shape index (κ2) is 11.2. The summed E-state index contributed by atoms with van der Waals surface area (Å²) in [6.45, 7) is 4.83. The minimum Gasteiger partial charge on any atom is -0.491 e. The van der Waals surface area contributed by atoms with E-state index in [2.05, 4.69) is 5.32 Å². The Kier molecular flexibility index (Phi) is 8.61. The second-order valence-electron chi connectivity index (χ2n) is 6.74. The van der Waals surface area contributed by atoms with Gasteiger partial charge in [-0.05, 0) is 55.4 Å². The molecule has 0 aliphatic heterocycles. The molecule has 0 saturated carbocycles. The highest BCUT2D eigenvalue weighted by molar-refractivity contribution is 7.80. The molecule has 1 unspecified atom stereocenters. The summed E-state index contributed by atoms with van der Waals surface area (Å²) in [6, 6.07) is 16.6. The summed E-state index contributed by atoms with van der Waals surface area (Å²) in [7, 11) is 0. The summed E-state index contributed by atoms with van der Waals surface area (Å²) in [5.41, 5.74) is 6.76. The lowest BCUT2D eigenvalue weighted by Crippen LogP contribution is -2.43. The molecule has 0 spiro atoms. The molecule has 6 nitrogen and oxygen atoms in total. The number of thiocarbonyl (C=S) groups is 1. The predicted octanol–water partition coefficient (Wildman–Crippen LogP) is 3.26. The van der Waals surface area contributed by atoms with Crippen molar-refractivity contribution < 1.29 is 14.3 Å². The Morgan fingerprint density at radius 3 is 2.38 bits per heavy atom. The number of rotatable bonds is 9. The van der Waals surface area contributed by atoms with Gasteiger partial charge in [0.15, 0.2) is 5.11 Å².